The van der Waals surface area contributed by atoms with E-state index in [1.165, 1.54) is 22.8 Å². The highest BCUT2D eigenvalue weighted by Crippen LogP contribution is 2.32. The smallest absolute Gasteiger partial charge is 0.256 e. The number of sulfonamides is 1. The minimum atomic E-state index is -3.47. The van der Waals surface area contributed by atoms with Crippen molar-refractivity contribution in [3.8, 4) is 5.75 Å². The van der Waals surface area contributed by atoms with Crippen molar-refractivity contribution in [3.63, 3.8) is 0 Å². The predicted molar refractivity (Wildman–Crippen MR) is 84.0 cm³/mol. The van der Waals surface area contributed by atoms with Gasteiger partial charge in [0.1, 0.15) is 5.75 Å². The average molecular weight is 345 g/mol. The zero-order valence-corrected chi connectivity index (χ0v) is 13.9. The maximum atomic E-state index is 12.6. The summed E-state index contributed by atoms with van der Waals surface area (Å²) in [6.45, 7) is 2.23. The van der Waals surface area contributed by atoms with Crippen LogP contribution in [0.15, 0.2) is 27.2 Å². The van der Waals surface area contributed by atoms with E-state index in [0.717, 1.165) is 5.13 Å². The number of methoxy groups -OCH3 is 1. The third kappa shape index (κ3) is 2.78. The lowest BCUT2D eigenvalue weighted by Crippen LogP contribution is -2.48. The van der Waals surface area contributed by atoms with Crippen molar-refractivity contribution < 1.29 is 13.2 Å². The lowest BCUT2D eigenvalue weighted by atomic mass is 10.4. The Kier molecular flexibility index (Phi) is 4.16. The SMILES string of the molecule is COc1ccsc1S(=O)(=O)N1CCN(c2nccs2)CC1. The van der Waals surface area contributed by atoms with Crippen molar-refractivity contribution >= 4 is 37.8 Å². The molecule has 0 spiro atoms. The van der Waals surface area contributed by atoms with Gasteiger partial charge in [-0.1, -0.05) is 0 Å². The van der Waals surface area contributed by atoms with Crippen LogP contribution < -0.4 is 9.64 Å². The lowest BCUT2D eigenvalue weighted by molar-refractivity contribution is 0.377. The number of hydrogen-bond donors (Lipinski definition) is 0. The van der Waals surface area contributed by atoms with E-state index < -0.39 is 10.0 Å². The molecule has 0 N–H and O–H groups in total. The maximum Gasteiger partial charge on any atom is 0.256 e. The molecule has 21 heavy (non-hydrogen) atoms. The molecule has 0 bridgehead atoms. The van der Waals surface area contributed by atoms with E-state index >= 15 is 0 Å². The fourth-order valence-corrected chi connectivity index (χ4v) is 5.77. The molecule has 0 amide bonds. The Labute approximate surface area is 131 Å². The van der Waals surface area contributed by atoms with Gasteiger partial charge in [-0.2, -0.15) is 4.31 Å². The van der Waals surface area contributed by atoms with Crippen molar-refractivity contribution in [2.45, 2.75) is 4.21 Å². The van der Waals surface area contributed by atoms with Crippen molar-refractivity contribution in [1.82, 2.24) is 9.29 Å². The molecule has 3 heterocycles. The Morgan fingerprint density at radius 2 is 1.95 bits per heavy atom. The third-order valence-electron chi connectivity index (χ3n) is 3.32. The standard InChI is InChI=1S/C12H15N3O3S3/c1-18-10-2-8-19-11(10)21(16,17)15-6-4-14(5-7-15)12-13-3-9-20-12/h2-3,8-9H,4-7H2,1H3. The molecule has 0 unspecified atom stereocenters. The Morgan fingerprint density at radius 1 is 1.19 bits per heavy atom. The zero-order valence-electron chi connectivity index (χ0n) is 11.4. The third-order valence-corrected chi connectivity index (χ3v) is 7.47. The summed E-state index contributed by atoms with van der Waals surface area (Å²) < 4.78 is 32.2. The summed E-state index contributed by atoms with van der Waals surface area (Å²) in [7, 11) is -1.98. The molecule has 0 aromatic carbocycles. The molecule has 6 nitrogen and oxygen atoms in total. The minimum absolute atomic E-state index is 0.285. The van der Waals surface area contributed by atoms with Crippen LogP contribution in [0, 0.1) is 0 Å². The van der Waals surface area contributed by atoms with Crippen LogP contribution in [0.25, 0.3) is 0 Å². The second-order valence-corrected chi connectivity index (χ2v) is 8.40. The van der Waals surface area contributed by atoms with Crippen LogP contribution in [-0.2, 0) is 10.0 Å². The van der Waals surface area contributed by atoms with Gasteiger partial charge in [-0.25, -0.2) is 13.4 Å². The van der Waals surface area contributed by atoms with E-state index in [2.05, 4.69) is 9.88 Å². The number of hydrogen-bond acceptors (Lipinski definition) is 7. The first-order valence-electron chi connectivity index (χ1n) is 6.39. The Hall–Kier alpha value is -1.16. The van der Waals surface area contributed by atoms with Crippen LogP contribution in [0.1, 0.15) is 0 Å². The molecule has 114 valence electrons. The largest absolute Gasteiger partial charge is 0.494 e. The van der Waals surface area contributed by atoms with Crippen molar-refractivity contribution in [2.24, 2.45) is 0 Å². The van der Waals surface area contributed by atoms with Crippen LogP contribution in [0.4, 0.5) is 5.13 Å². The van der Waals surface area contributed by atoms with Gasteiger partial charge in [0, 0.05) is 37.8 Å². The van der Waals surface area contributed by atoms with E-state index in [1.54, 1.807) is 29.0 Å². The number of aromatic nitrogens is 1. The summed E-state index contributed by atoms with van der Waals surface area (Å²) in [4.78, 5) is 6.38. The monoisotopic (exact) mass is 345 g/mol. The highest BCUT2D eigenvalue weighted by molar-refractivity contribution is 7.91. The molecular weight excluding hydrogens is 330 g/mol. The van der Waals surface area contributed by atoms with Crippen LogP contribution in [-0.4, -0.2) is 51.0 Å². The molecule has 1 saturated heterocycles. The van der Waals surface area contributed by atoms with E-state index in [9.17, 15) is 8.42 Å². The molecule has 3 rings (SSSR count). The molecule has 2 aromatic heterocycles. The highest BCUT2D eigenvalue weighted by atomic mass is 32.2. The van der Waals surface area contributed by atoms with Crippen molar-refractivity contribution in [3.05, 3.63) is 23.0 Å². The highest BCUT2D eigenvalue weighted by Gasteiger charge is 2.32. The van der Waals surface area contributed by atoms with Gasteiger partial charge < -0.3 is 9.64 Å². The average Bonchev–Trinajstić information content (AvgIpc) is 3.18. The molecule has 9 heteroatoms. The molecule has 0 radical (unpaired) electrons. The number of thiazole rings is 1. The Morgan fingerprint density at radius 3 is 2.57 bits per heavy atom. The summed E-state index contributed by atoms with van der Waals surface area (Å²) in [5, 5.41) is 4.60. The topological polar surface area (TPSA) is 62.7 Å². The number of nitrogens with zero attached hydrogens (tertiary/aromatic N) is 3. The number of piperazine rings is 1. The van der Waals surface area contributed by atoms with Gasteiger partial charge in [0.2, 0.25) is 0 Å². The van der Waals surface area contributed by atoms with Crippen LogP contribution >= 0.6 is 22.7 Å². The number of anilines is 1. The summed E-state index contributed by atoms with van der Waals surface area (Å²) in [6.07, 6.45) is 1.76. The van der Waals surface area contributed by atoms with Crippen molar-refractivity contribution in [2.75, 3.05) is 38.2 Å². The van der Waals surface area contributed by atoms with E-state index in [0.29, 0.717) is 31.9 Å². The first-order valence-corrected chi connectivity index (χ1v) is 9.59. The number of rotatable bonds is 4. The second-order valence-electron chi connectivity index (χ2n) is 4.48. The normalized spacial score (nSPS) is 17.1. The van der Waals surface area contributed by atoms with Gasteiger partial charge in [-0.05, 0) is 11.4 Å². The summed E-state index contributed by atoms with van der Waals surface area (Å²) in [6, 6.07) is 1.68. The van der Waals surface area contributed by atoms with E-state index in [1.807, 2.05) is 5.38 Å². The van der Waals surface area contributed by atoms with Gasteiger partial charge in [0.05, 0.1) is 7.11 Å². The fourth-order valence-electron chi connectivity index (χ4n) is 2.23. The Balaban J connectivity index is 1.74. The van der Waals surface area contributed by atoms with E-state index in [4.69, 9.17) is 4.74 Å². The quantitative estimate of drug-likeness (QED) is 0.844. The first kappa shape index (κ1) is 14.8. The zero-order chi connectivity index (χ0) is 14.9. The summed E-state index contributed by atoms with van der Waals surface area (Å²) in [5.74, 6) is 0.419. The molecular formula is C12H15N3O3S3. The number of thiophene rings is 1. The molecule has 0 atom stereocenters. The van der Waals surface area contributed by atoms with Crippen LogP contribution in [0.5, 0.6) is 5.75 Å². The van der Waals surface area contributed by atoms with Gasteiger partial charge in [-0.3, -0.25) is 0 Å². The molecule has 2 aromatic rings. The molecule has 1 aliphatic heterocycles. The lowest BCUT2D eigenvalue weighted by Gasteiger charge is -2.33. The van der Waals surface area contributed by atoms with Crippen molar-refractivity contribution in [1.29, 1.82) is 0 Å². The molecule has 0 saturated carbocycles. The predicted octanol–water partition coefficient (Wildman–Crippen LogP) is 1.72. The number of ether oxygens (including phenoxy) is 1. The van der Waals surface area contributed by atoms with Crippen LogP contribution in [0.3, 0.4) is 0 Å². The molecule has 1 aliphatic rings. The van der Waals surface area contributed by atoms with Gasteiger partial charge in [-0.15, -0.1) is 22.7 Å². The minimum Gasteiger partial charge on any atom is -0.494 e. The fraction of sp³-hybridized carbons (Fsp3) is 0.417. The second kappa shape index (κ2) is 5.91. The molecule has 1 fully saturated rings. The summed E-state index contributed by atoms with van der Waals surface area (Å²) in [5.41, 5.74) is 0. The summed E-state index contributed by atoms with van der Waals surface area (Å²) >= 11 is 2.77. The Bertz CT molecular complexity index is 688. The van der Waals surface area contributed by atoms with Gasteiger partial charge >= 0.3 is 0 Å². The van der Waals surface area contributed by atoms with Gasteiger partial charge in [0.25, 0.3) is 10.0 Å². The first-order chi connectivity index (χ1) is 10.1. The van der Waals surface area contributed by atoms with Gasteiger partial charge in [0.15, 0.2) is 9.34 Å². The maximum absolute atomic E-state index is 12.6. The molecule has 0 aliphatic carbocycles. The van der Waals surface area contributed by atoms with E-state index in [-0.39, 0.29) is 4.21 Å². The van der Waals surface area contributed by atoms with Crippen LogP contribution in [0.2, 0.25) is 0 Å².